The van der Waals surface area contributed by atoms with Gasteiger partial charge in [0.05, 0.1) is 11.6 Å². The van der Waals surface area contributed by atoms with Gasteiger partial charge in [-0.05, 0) is 6.07 Å². The Morgan fingerprint density at radius 3 is 2.62 bits per heavy atom. The van der Waals surface area contributed by atoms with Gasteiger partial charge in [-0.1, -0.05) is 18.2 Å². The first-order chi connectivity index (χ1) is 6.36. The molecule has 4 heteroatoms. The van der Waals surface area contributed by atoms with Crippen molar-refractivity contribution in [2.45, 2.75) is 6.42 Å². The van der Waals surface area contributed by atoms with E-state index in [-0.39, 0.29) is 0 Å². The first-order valence-electron chi connectivity index (χ1n) is 3.88. The summed E-state index contributed by atoms with van der Waals surface area (Å²) in [6, 6.07) is 7.37. The molecule has 13 heavy (non-hydrogen) atoms. The summed E-state index contributed by atoms with van der Waals surface area (Å²) in [6.07, 6.45) is 0.381. The smallest absolute Gasteiger partial charge is 0.375 e. The van der Waals surface area contributed by atoms with E-state index in [1.807, 2.05) is 24.3 Å². The van der Waals surface area contributed by atoms with Crippen LogP contribution in [0, 0.1) is 5.39 Å². The maximum absolute atomic E-state index is 8.68. The zero-order valence-corrected chi connectivity index (χ0v) is 6.81. The van der Waals surface area contributed by atoms with Crippen molar-refractivity contribution in [3.8, 4) is 0 Å². The van der Waals surface area contributed by atoms with Crippen LogP contribution in [0.2, 0.25) is 0 Å². The molecule has 1 aliphatic carbocycles. The van der Waals surface area contributed by atoms with E-state index in [0.29, 0.717) is 17.8 Å². The van der Waals surface area contributed by atoms with Gasteiger partial charge in [0.1, 0.15) is 0 Å². The molecule has 0 bridgehead atoms. The van der Waals surface area contributed by atoms with Crippen LogP contribution in [0.1, 0.15) is 6.42 Å². The van der Waals surface area contributed by atoms with Crippen LogP contribution >= 0.6 is 0 Å². The Kier molecular flexibility index (Phi) is 1.64. The minimum atomic E-state index is 0.381. The number of rotatable bonds is 1. The number of fused-ring (bicyclic) bond motifs is 1. The van der Waals surface area contributed by atoms with Crippen LogP contribution in [-0.4, -0.2) is 0 Å². The number of nitrogens with zero attached hydrogens (tertiary/aromatic N) is 4. The lowest BCUT2D eigenvalue weighted by molar-refractivity contribution is 1.33. The second kappa shape index (κ2) is 2.79. The van der Waals surface area contributed by atoms with Crippen LogP contribution in [0.15, 0.2) is 29.4 Å². The molecule has 0 unspecified atom stereocenters. The minimum Gasteiger partial charge on any atom is -0.707 e. The highest BCUT2D eigenvalue weighted by Crippen LogP contribution is 2.15. The van der Waals surface area contributed by atoms with Crippen molar-refractivity contribution in [1.82, 2.24) is 0 Å². The van der Waals surface area contributed by atoms with Crippen LogP contribution in [0.4, 0.5) is 0 Å². The molecule has 0 spiro atoms. The molecule has 0 aromatic heterocycles. The second-order valence-electron chi connectivity index (χ2n) is 2.82. The Morgan fingerprint density at radius 1 is 1.31 bits per heavy atom. The van der Waals surface area contributed by atoms with Crippen molar-refractivity contribution in [1.29, 1.82) is 5.39 Å². The molecule has 0 aliphatic heterocycles. The molecule has 0 heterocycles. The molecule has 4 nitrogen and oxygen atoms in total. The standard InChI is InChI=1S/C9H6N4/c10-12-8-5-9(13-11)7-4-2-1-3-6(7)8/h1-4H,5H2. The van der Waals surface area contributed by atoms with E-state index < -0.39 is 0 Å². The van der Waals surface area contributed by atoms with Crippen molar-refractivity contribution in [2.75, 3.05) is 0 Å². The summed E-state index contributed by atoms with van der Waals surface area (Å²) in [5.74, 6) is 0. The number of hydrogen-bond donors (Lipinski definition) is 0. The fourth-order valence-electron chi connectivity index (χ4n) is 1.51. The normalized spacial score (nSPS) is 13.8. The van der Waals surface area contributed by atoms with Gasteiger partial charge in [-0.15, -0.1) is 0 Å². The fourth-order valence-corrected chi connectivity index (χ4v) is 1.51. The van der Waals surface area contributed by atoms with E-state index >= 15 is 0 Å². The molecule has 0 N–H and O–H groups in total. The van der Waals surface area contributed by atoms with Crippen molar-refractivity contribution in [3.63, 3.8) is 0 Å². The van der Waals surface area contributed by atoms with Crippen molar-refractivity contribution in [2.24, 2.45) is 5.11 Å². The van der Waals surface area contributed by atoms with Gasteiger partial charge in [-0.2, -0.15) is 0 Å². The lowest BCUT2D eigenvalue weighted by atomic mass is 10.2. The van der Waals surface area contributed by atoms with Crippen molar-refractivity contribution in [3.05, 3.63) is 45.2 Å². The first kappa shape index (κ1) is 7.62. The minimum absolute atomic E-state index is 0.381. The first-order valence-corrected chi connectivity index (χ1v) is 3.88. The Balaban J connectivity index is 2.93. The van der Waals surface area contributed by atoms with E-state index in [2.05, 4.69) is 10.1 Å². The van der Waals surface area contributed by atoms with Gasteiger partial charge in [-0.25, -0.2) is 0 Å². The van der Waals surface area contributed by atoms with Crippen LogP contribution in [0.3, 0.4) is 0 Å². The third-order valence-electron chi connectivity index (χ3n) is 2.13. The predicted octanol–water partition coefficient (Wildman–Crippen LogP) is 1.18. The Morgan fingerprint density at radius 2 is 2.00 bits per heavy atom. The summed E-state index contributed by atoms with van der Waals surface area (Å²) in [5, 5.41) is 13.5. The van der Waals surface area contributed by atoms with Gasteiger partial charge >= 0.3 is 5.70 Å². The Bertz CT molecular complexity index is 521. The lowest BCUT2D eigenvalue weighted by Crippen LogP contribution is -2.22. The largest absolute Gasteiger partial charge is 0.707 e. The van der Waals surface area contributed by atoms with Gasteiger partial charge in [0.15, 0.2) is 4.98 Å². The summed E-state index contributed by atoms with van der Waals surface area (Å²) in [5.41, 5.74) is 9.77. The average molecular weight is 170 g/mol. The molecule has 0 atom stereocenters. The predicted molar refractivity (Wildman–Crippen MR) is 48.0 cm³/mol. The van der Waals surface area contributed by atoms with E-state index in [9.17, 15) is 0 Å². The third kappa shape index (κ3) is 1.02. The highest BCUT2D eigenvalue weighted by Gasteiger charge is 2.20. The highest BCUT2D eigenvalue weighted by molar-refractivity contribution is 5.69. The van der Waals surface area contributed by atoms with Crippen LogP contribution < -0.4 is 10.4 Å². The fraction of sp³-hybridized carbons (Fsp3) is 0.111. The quantitative estimate of drug-likeness (QED) is 0.461. The van der Waals surface area contributed by atoms with Crippen LogP contribution in [0.25, 0.3) is 21.9 Å². The second-order valence-corrected chi connectivity index (χ2v) is 2.82. The number of hydrogen-bond acceptors (Lipinski definition) is 2. The Labute approximate surface area is 74.3 Å². The molecule has 0 radical (unpaired) electrons. The molecule has 1 aromatic carbocycles. The summed E-state index contributed by atoms with van der Waals surface area (Å²) in [7, 11) is 0. The SMILES string of the molecule is N#[N+]C1=c2ccccc2=C(N=[N-])C1. The van der Waals surface area contributed by atoms with Gasteiger partial charge < -0.3 is 10.6 Å². The summed E-state index contributed by atoms with van der Waals surface area (Å²) in [6.45, 7) is 0. The highest BCUT2D eigenvalue weighted by atomic mass is 15.0. The molecule has 0 amide bonds. The van der Waals surface area contributed by atoms with Gasteiger partial charge in [0.25, 0.3) is 0 Å². The number of benzene rings is 1. The summed E-state index contributed by atoms with van der Waals surface area (Å²) >= 11 is 0. The lowest BCUT2D eigenvalue weighted by Gasteiger charge is -1.92. The van der Waals surface area contributed by atoms with E-state index in [4.69, 9.17) is 10.9 Å². The summed E-state index contributed by atoms with van der Waals surface area (Å²) < 4.78 is 0. The molecule has 0 fully saturated rings. The maximum atomic E-state index is 8.68. The topological polar surface area (TPSA) is 62.8 Å². The molecule has 62 valence electrons. The zero-order chi connectivity index (χ0) is 9.26. The molecule has 1 aromatic rings. The molecule has 1 aliphatic rings. The van der Waals surface area contributed by atoms with Gasteiger partial charge in [0.2, 0.25) is 5.39 Å². The van der Waals surface area contributed by atoms with E-state index in [0.717, 1.165) is 10.4 Å². The maximum Gasteiger partial charge on any atom is 0.375 e. The molecule has 2 rings (SSSR count). The van der Waals surface area contributed by atoms with Crippen LogP contribution in [0.5, 0.6) is 0 Å². The van der Waals surface area contributed by atoms with E-state index in [1.165, 1.54) is 0 Å². The number of diazo groups is 1. The monoisotopic (exact) mass is 170 g/mol. The average Bonchev–Trinajstić information content (AvgIpc) is 2.56. The molecular weight excluding hydrogens is 164 g/mol. The molecule has 0 saturated carbocycles. The van der Waals surface area contributed by atoms with Crippen molar-refractivity contribution < 1.29 is 0 Å². The van der Waals surface area contributed by atoms with Crippen LogP contribution in [-0.2, 0) is 0 Å². The third-order valence-corrected chi connectivity index (χ3v) is 2.13. The van der Waals surface area contributed by atoms with Gasteiger partial charge in [0, 0.05) is 10.9 Å². The zero-order valence-electron chi connectivity index (χ0n) is 6.81. The molecule has 0 saturated heterocycles. The Hall–Kier alpha value is -2.02. The van der Waals surface area contributed by atoms with E-state index in [1.54, 1.807) is 0 Å². The molecular formula is C9H6N4. The summed E-state index contributed by atoms with van der Waals surface area (Å²) in [4.78, 5) is 3.15. The van der Waals surface area contributed by atoms with Crippen molar-refractivity contribution >= 4 is 11.4 Å². The van der Waals surface area contributed by atoms with Gasteiger partial charge in [-0.3, -0.25) is 0 Å².